The summed E-state index contributed by atoms with van der Waals surface area (Å²) in [7, 11) is 0. The molecule has 2 heterocycles. The Morgan fingerprint density at radius 3 is 2.62 bits per heavy atom. The van der Waals surface area contributed by atoms with Gasteiger partial charge in [-0.1, -0.05) is 0 Å². The van der Waals surface area contributed by atoms with Crippen molar-refractivity contribution in [1.82, 2.24) is 9.97 Å². The van der Waals surface area contributed by atoms with E-state index in [-0.39, 0.29) is 6.04 Å². The Morgan fingerprint density at radius 1 is 1.31 bits per heavy atom. The molecule has 0 aliphatic rings. The summed E-state index contributed by atoms with van der Waals surface area (Å²) >= 11 is 8.41. The van der Waals surface area contributed by atoms with E-state index in [4.69, 9.17) is 5.73 Å². The number of rotatable bonds is 2. The van der Waals surface area contributed by atoms with Gasteiger partial charge in [-0.3, -0.25) is 4.98 Å². The molecule has 0 spiro atoms. The van der Waals surface area contributed by atoms with Crippen molar-refractivity contribution in [3.05, 3.63) is 32.3 Å². The second-order valence-electron chi connectivity index (χ2n) is 3.34. The molecule has 0 saturated carbocycles. The summed E-state index contributed by atoms with van der Waals surface area (Å²) in [5.74, 6) is 0. The van der Waals surface area contributed by atoms with Crippen LogP contribution >= 0.6 is 43.2 Å². The summed E-state index contributed by atoms with van der Waals surface area (Å²) in [4.78, 5) is 9.72. The summed E-state index contributed by atoms with van der Waals surface area (Å²) in [6, 6.07) is 1.97. The largest absolute Gasteiger partial charge is 0.323 e. The van der Waals surface area contributed by atoms with E-state index >= 15 is 0 Å². The molecule has 0 bridgehead atoms. The molecule has 0 radical (unpaired) electrons. The molecular formula is C10H9Br2N3S. The SMILES string of the molecule is CC(N)c1cnc(-c2ncc(Br)cc2Br)s1. The van der Waals surface area contributed by atoms with Crippen molar-refractivity contribution < 1.29 is 0 Å². The van der Waals surface area contributed by atoms with Gasteiger partial charge in [0.2, 0.25) is 0 Å². The molecule has 2 rings (SSSR count). The van der Waals surface area contributed by atoms with Crippen LogP contribution in [0.3, 0.4) is 0 Å². The minimum atomic E-state index is 0.0143. The minimum Gasteiger partial charge on any atom is -0.323 e. The monoisotopic (exact) mass is 361 g/mol. The first-order chi connectivity index (χ1) is 7.58. The molecule has 16 heavy (non-hydrogen) atoms. The van der Waals surface area contributed by atoms with E-state index in [0.717, 1.165) is 24.5 Å². The maximum Gasteiger partial charge on any atom is 0.143 e. The third-order valence-corrected chi connectivity index (χ3v) is 4.23. The molecule has 0 amide bonds. The van der Waals surface area contributed by atoms with E-state index in [1.807, 2.05) is 13.0 Å². The predicted molar refractivity (Wildman–Crippen MR) is 73.3 cm³/mol. The molecule has 0 aliphatic carbocycles. The van der Waals surface area contributed by atoms with Crippen molar-refractivity contribution >= 4 is 43.2 Å². The average molecular weight is 363 g/mol. The van der Waals surface area contributed by atoms with Crippen molar-refractivity contribution in [3.8, 4) is 10.7 Å². The number of hydrogen-bond acceptors (Lipinski definition) is 4. The Labute approximate surface area is 114 Å². The predicted octanol–water partition coefficient (Wildman–Crippen LogP) is 3.75. The van der Waals surface area contributed by atoms with Gasteiger partial charge in [-0.25, -0.2) is 4.98 Å². The molecule has 2 N–H and O–H groups in total. The zero-order valence-electron chi connectivity index (χ0n) is 8.45. The zero-order valence-corrected chi connectivity index (χ0v) is 12.4. The molecule has 0 aromatic carbocycles. The Kier molecular flexibility index (Phi) is 3.73. The third-order valence-electron chi connectivity index (χ3n) is 1.98. The summed E-state index contributed by atoms with van der Waals surface area (Å²) < 4.78 is 1.86. The van der Waals surface area contributed by atoms with Gasteiger partial charge in [0, 0.05) is 32.3 Å². The van der Waals surface area contributed by atoms with Crippen molar-refractivity contribution in [1.29, 1.82) is 0 Å². The highest BCUT2D eigenvalue weighted by Gasteiger charge is 2.11. The van der Waals surface area contributed by atoms with Crippen molar-refractivity contribution in [2.24, 2.45) is 5.73 Å². The molecule has 0 fully saturated rings. The van der Waals surface area contributed by atoms with Gasteiger partial charge in [-0.2, -0.15) is 0 Å². The van der Waals surface area contributed by atoms with Crippen molar-refractivity contribution in [2.75, 3.05) is 0 Å². The number of hydrogen-bond donors (Lipinski definition) is 1. The van der Waals surface area contributed by atoms with Crippen LogP contribution in [-0.4, -0.2) is 9.97 Å². The van der Waals surface area contributed by atoms with Crippen LogP contribution in [0.4, 0.5) is 0 Å². The highest BCUT2D eigenvalue weighted by molar-refractivity contribution is 9.11. The molecule has 0 saturated heterocycles. The van der Waals surface area contributed by atoms with Crippen molar-refractivity contribution in [2.45, 2.75) is 13.0 Å². The lowest BCUT2D eigenvalue weighted by Gasteiger charge is -2.00. The zero-order chi connectivity index (χ0) is 11.7. The Bertz CT molecular complexity index is 511. The van der Waals surface area contributed by atoms with E-state index in [2.05, 4.69) is 41.8 Å². The van der Waals surface area contributed by atoms with E-state index in [0.29, 0.717) is 0 Å². The first-order valence-electron chi connectivity index (χ1n) is 4.60. The van der Waals surface area contributed by atoms with E-state index in [9.17, 15) is 0 Å². The van der Waals surface area contributed by atoms with Crippen LogP contribution in [0.5, 0.6) is 0 Å². The summed E-state index contributed by atoms with van der Waals surface area (Å²) in [6.07, 6.45) is 3.56. The van der Waals surface area contributed by atoms with Gasteiger partial charge in [-0.05, 0) is 44.8 Å². The van der Waals surface area contributed by atoms with Gasteiger partial charge < -0.3 is 5.73 Å². The fourth-order valence-corrected chi connectivity index (χ4v) is 3.36. The van der Waals surface area contributed by atoms with Gasteiger partial charge in [0.05, 0.1) is 0 Å². The lowest BCUT2D eigenvalue weighted by molar-refractivity contribution is 0.835. The Balaban J connectivity index is 2.42. The van der Waals surface area contributed by atoms with Crippen LogP contribution in [0.15, 0.2) is 27.4 Å². The number of halogens is 2. The van der Waals surface area contributed by atoms with Crippen LogP contribution < -0.4 is 5.73 Å². The third kappa shape index (κ3) is 2.51. The second kappa shape index (κ2) is 4.91. The maximum absolute atomic E-state index is 5.80. The highest BCUT2D eigenvalue weighted by Crippen LogP contribution is 2.32. The fourth-order valence-electron chi connectivity index (χ4n) is 1.18. The van der Waals surface area contributed by atoms with Gasteiger partial charge in [0.1, 0.15) is 10.7 Å². The molecule has 2 aromatic heterocycles. The summed E-state index contributed by atoms with van der Waals surface area (Å²) in [5, 5.41) is 0.881. The molecule has 1 unspecified atom stereocenters. The van der Waals surface area contributed by atoms with E-state index in [1.54, 1.807) is 23.7 Å². The Hall–Kier alpha value is -0.300. The van der Waals surface area contributed by atoms with Crippen LogP contribution in [0.2, 0.25) is 0 Å². The van der Waals surface area contributed by atoms with Crippen LogP contribution in [0, 0.1) is 0 Å². The summed E-state index contributed by atoms with van der Waals surface area (Å²) in [5.41, 5.74) is 6.65. The van der Waals surface area contributed by atoms with Crippen LogP contribution in [0.25, 0.3) is 10.7 Å². The molecule has 3 nitrogen and oxygen atoms in total. The van der Waals surface area contributed by atoms with E-state index < -0.39 is 0 Å². The number of nitrogens with two attached hydrogens (primary N) is 1. The molecule has 1 atom stereocenters. The normalized spacial score (nSPS) is 12.8. The van der Waals surface area contributed by atoms with Gasteiger partial charge >= 0.3 is 0 Å². The number of thiazole rings is 1. The smallest absolute Gasteiger partial charge is 0.143 e. The van der Waals surface area contributed by atoms with Crippen LogP contribution in [0.1, 0.15) is 17.8 Å². The number of pyridine rings is 1. The number of aromatic nitrogens is 2. The second-order valence-corrected chi connectivity index (χ2v) is 6.17. The quantitative estimate of drug-likeness (QED) is 0.884. The lowest BCUT2D eigenvalue weighted by atomic mass is 10.3. The first-order valence-corrected chi connectivity index (χ1v) is 7.01. The van der Waals surface area contributed by atoms with Crippen LogP contribution in [-0.2, 0) is 0 Å². The highest BCUT2D eigenvalue weighted by atomic mass is 79.9. The minimum absolute atomic E-state index is 0.0143. The average Bonchev–Trinajstić information content (AvgIpc) is 2.66. The van der Waals surface area contributed by atoms with Gasteiger partial charge in [0.25, 0.3) is 0 Å². The van der Waals surface area contributed by atoms with Gasteiger partial charge in [-0.15, -0.1) is 11.3 Å². The number of nitrogens with zero attached hydrogens (tertiary/aromatic N) is 2. The lowest BCUT2D eigenvalue weighted by Crippen LogP contribution is -2.01. The summed E-state index contributed by atoms with van der Waals surface area (Å²) in [6.45, 7) is 1.95. The molecule has 0 aliphatic heterocycles. The van der Waals surface area contributed by atoms with Crippen molar-refractivity contribution in [3.63, 3.8) is 0 Å². The first kappa shape index (κ1) is 12.2. The Morgan fingerprint density at radius 2 is 2.06 bits per heavy atom. The standard InChI is InChI=1S/C10H9Br2N3S/c1-5(13)8-4-15-10(16-8)9-7(12)2-6(11)3-14-9/h2-5H,13H2,1H3. The molecule has 6 heteroatoms. The van der Waals surface area contributed by atoms with E-state index in [1.165, 1.54) is 0 Å². The molecule has 84 valence electrons. The van der Waals surface area contributed by atoms with Gasteiger partial charge in [0.15, 0.2) is 0 Å². The fraction of sp³-hybridized carbons (Fsp3) is 0.200. The molecular weight excluding hydrogens is 354 g/mol. The topological polar surface area (TPSA) is 51.8 Å². The molecule has 2 aromatic rings. The maximum atomic E-state index is 5.80.